The first-order valence-electron chi connectivity index (χ1n) is 7.23. The molecule has 2 N–H and O–H groups in total. The van der Waals surface area contributed by atoms with Gasteiger partial charge in [0.2, 0.25) is 0 Å². The van der Waals surface area contributed by atoms with Crippen molar-refractivity contribution in [2.75, 3.05) is 26.2 Å². The molecule has 1 aromatic rings. The molecule has 1 aliphatic heterocycles. The number of hydrogen-bond donors (Lipinski definition) is 2. The fourth-order valence-corrected chi connectivity index (χ4v) is 2.80. The molecule has 1 aliphatic rings. The van der Waals surface area contributed by atoms with Crippen molar-refractivity contribution in [1.29, 1.82) is 0 Å². The van der Waals surface area contributed by atoms with Crippen LogP contribution < -0.4 is 5.32 Å². The normalized spacial score (nSPS) is 18.2. The highest BCUT2D eigenvalue weighted by atomic mass is 19.2. The van der Waals surface area contributed by atoms with Crippen LogP contribution >= 0.6 is 0 Å². The Morgan fingerprint density at radius 2 is 1.81 bits per heavy atom. The summed E-state index contributed by atoms with van der Waals surface area (Å²) in [5.74, 6) is -4.45. The van der Waals surface area contributed by atoms with Crippen LogP contribution in [0.15, 0.2) is 6.07 Å². The lowest BCUT2D eigenvalue weighted by Crippen LogP contribution is -2.45. The van der Waals surface area contributed by atoms with Gasteiger partial charge in [-0.25, -0.2) is 13.2 Å². The monoisotopic (exact) mass is 302 g/mol. The lowest BCUT2D eigenvalue weighted by molar-refractivity contribution is 0.147. The van der Waals surface area contributed by atoms with Crippen molar-refractivity contribution < 1.29 is 18.3 Å². The zero-order valence-corrected chi connectivity index (χ0v) is 12.3. The molecule has 0 bridgehead atoms. The maximum atomic E-state index is 14.2. The lowest BCUT2D eigenvalue weighted by Gasteiger charge is -2.36. The summed E-state index contributed by atoms with van der Waals surface area (Å²) in [7, 11) is 0. The third-order valence-corrected chi connectivity index (χ3v) is 3.80. The van der Waals surface area contributed by atoms with E-state index in [0.29, 0.717) is 25.6 Å². The molecule has 0 amide bonds. The van der Waals surface area contributed by atoms with Gasteiger partial charge in [0.1, 0.15) is 5.75 Å². The highest BCUT2D eigenvalue weighted by Crippen LogP contribution is 2.37. The Morgan fingerprint density at radius 1 is 1.19 bits per heavy atom. The van der Waals surface area contributed by atoms with Crippen LogP contribution in [0.5, 0.6) is 5.75 Å². The second-order valence-electron chi connectivity index (χ2n) is 5.85. The van der Waals surface area contributed by atoms with Gasteiger partial charge >= 0.3 is 0 Å². The van der Waals surface area contributed by atoms with Gasteiger partial charge < -0.3 is 10.4 Å². The second-order valence-corrected chi connectivity index (χ2v) is 5.85. The number of phenols is 1. The Morgan fingerprint density at radius 3 is 2.38 bits per heavy atom. The fraction of sp³-hybridized carbons (Fsp3) is 0.600. The van der Waals surface area contributed by atoms with Crippen molar-refractivity contribution in [3.63, 3.8) is 0 Å². The molecule has 1 aromatic carbocycles. The number of hydrogen-bond acceptors (Lipinski definition) is 3. The number of phenolic OH excluding ortho intramolecular Hbond substituents is 1. The highest BCUT2D eigenvalue weighted by Gasteiger charge is 2.30. The minimum Gasteiger partial charge on any atom is -0.507 e. The van der Waals surface area contributed by atoms with E-state index in [2.05, 4.69) is 5.32 Å². The van der Waals surface area contributed by atoms with Crippen LogP contribution in [-0.2, 0) is 0 Å². The first kappa shape index (κ1) is 16.1. The molecular formula is C15H21F3N2O. The van der Waals surface area contributed by atoms with E-state index in [1.165, 1.54) is 0 Å². The van der Waals surface area contributed by atoms with Crippen LogP contribution in [-0.4, -0.2) is 36.2 Å². The smallest absolute Gasteiger partial charge is 0.195 e. The van der Waals surface area contributed by atoms with E-state index < -0.39 is 29.2 Å². The van der Waals surface area contributed by atoms with Crippen molar-refractivity contribution in [1.82, 2.24) is 10.2 Å². The number of piperazine rings is 1. The van der Waals surface area contributed by atoms with Crippen molar-refractivity contribution in [2.24, 2.45) is 5.92 Å². The van der Waals surface area contributed by atoms with E-state index in [-0.39, 0.29) is 11.5 Å². The van der Waals surface area contributed by atoms with Gasteiger partial charge in [0.15, 0.2) is 17.5 Å². The molecule has 3 nitrogen and oxygen atoms in total. The van der Waals surface area contributed by atoms with Crippen LogP contribution in [0.2, 0.25) is 0 Å². The third kappa shape index (κ3) is 3.49. The fourth-order valence-electron chi connectivity index (χ4n) is 2.80. The zero-order chi connectivity index (χ0) is 15.6. The summed E-state index contributed by atoms with van der Waals surface area (Å²) in [5, 5.41) is 13.1. The molecule has 1 fully saturated rings. The first-order chi connectivity index (χ1) is 9.91. The topological polar surface area (TPSA) is 35.5 Å². The molecule has 21 heavy (non-hydrogen) atoms. The Balaban J connectivity index is 2.43. The molecule has 0 saturated carbocycles. The number of halogens is 3. The van der Waals surface area contributed by atoms with Crippen molar-refractivity contribution in [3.05, 3.63) is 29.1 Å². The van der Waals surface area contributed by atoms with Gasteiger partial charge in [-0.1, -0.05) is 13.8 Å². The largest absolute Gasteiger partial charge is 0.507 e. The maximum absolute atomic E-state index is 14.2. The summed E-state index contributed by atoms with van der Waals surface area (Å²) in [6.07, 6.45) is 0.565. The van der Waals surface area contributed by atoms with Crippen LogP contribution in [0.25, 0.3) is 0 Å². The summed E-state index contributed by atoms with van der Waals surface area (Å²) in [6.45, 7) is 6.81. The Labute approximate surface area is 122 Å². The number of nitrogens with zero attached hydrogens (tertiary/aromatic N) is 1. The minimum atomic E-state index is -1.52. The second kappa shape index (κ2) is 6.66. The lowest BCUT2D eigenvalue weighted by atomic mass is 9.93. The summed E-state index contributed by atoms with van der Waals surface area (Å²) in [4.78, 5) is 2.01. The molecular weight excluding hydrogens is 281 g/mol. The molecule has 0 unspecified atom stereocenters. The van der Waals surface area contributed by atoms with Gasteiger partial charge in [-0.15, -0.1) is 0 Å². The van der Waals surface area contributed by atoms with Gasteiger partial charge in [0, 0.05) is 43.9 Å². The van der Waals surface area contributed by atoms with Gasteiger partial charge in [-0.2, -0.15) is 0 Å². The van der Waals surface area contributed by atoms with E-state index in [1.807, 2.05) is 18.7 Å². The summed E-state index contributed by atoms with van der Waals surface area (Å²) < 4.78 is 40.9. The van der Waals surface area contributed by atoms with Gasteiger partial charge in [0.25, 0.3) is 0 Å². The molecule has 1 saturated heterocycles. The maximum Gasteiger partial charge on any atom is 0.195 e. The molecule has 2 rings (SSSR count). The molecule has 0 aliphatic carbocycles. The van der Waals surface area contributed by atoms with E-state index in [4.69, 9.17) is 0 Å². The predicted molar refractivity (Wildman–Crippen MR) is 74.6 cm³/mol. The van der Waals surface area contributed by atoms with Crippen LogP contribution in [0.1, 0.15) is 31.9 Å². The molecule has 0 radical (unpaired) electrons. The summed E-state index contributed by atoms with van der Waals surface area (Å²) in [5.41, 5.74) is -0.135. The number of nitrogens with one attached hydrogen (secondary N) is 1. The van der Waals surface area contributed by atoms with Gasteiger partial charge in [0.05, 0.1) is 0 Å². The SMILES string of the molecule is CC(C)C[C@@H](c1c(O)cc(F)c(F)c1F)N1CCNCC1. The first-order valence-corrected chi connectivity index (χ1v) is 7.23. The quantitative estimate of drug-likeness (QED) is 0.840. The number of rotatable bonds is 4. The van der Waals surface area contributed by atoms with Crippen LogP contribution in [0, 0.1) is 23.4 Å². The van der Waals surface area contributed by atoms with Gasteiger partial charge in [-0.05, 0) is 12.3 Å². The molecule has 0 spiro atoms. The number of aromatic hydroxyl groups is 1. The molecule has 6 heteroatoms. The van der Waals surface area contributed by atoms with Gasteiger partial charge in [-0.3, -0.25) is 4.90 Å². The van der Waals surface area contributed by atoms with E-state index in [1.54, 1.807) is 0 Å². The Bertz CT molecular complexity index is 502. The average Bonchev–Trinajstić information content (AvgIpc) is 2.44. The standard InChI is InChI=1S/C15H21F3N2O/c1-9(2)7-11(20-5-3-19-4-6-20)13-12(21)8-10(16)14(17)15(13)18/h8-9,11,19,21H,3-7H2,1-2H3/t11-/m0/s1. The summed E-state index contributed by atoms with van der Waals surface area (Å²) >= 11 is 0. The highest BCUT2D eigenvalue weighted by molar-refractivity contribution is 5.37. The number of benzene rings is 1. The van der Waals surface area contributed by atoms with E-state index in [9.17, 15) is 18.3 Å². The predicted octanol–water partition coefficient (Wildman–Crippen LogP) is 2.80. The minimum absolute atomic E-state index is 0.135. The Hall–Kier alpha value is -1.27. The molecule has 0 aromatic heterocycles. The van der Waals surface area contributed by atoms with Crippen molar-refractivity contribution in [2.45, 2.75) is 26.3 Å². The third-order valence-electron chi connectivity index (χ3n) is 3.80. The van der Waals surface area contributed by atoms with Crippen molar-refractivity contribution in [3.8, 4) is 5.75 Å². The Kier molecular flexibility index (Phi) is 5.11. The van der Waals surface area contributed by atoms with E-state index >= 15 is 0 Å². The average molecular weight is 302 g/mol. The zero-order valence-electron chi connectivity index (χ0n) is 12.3. The summed E-state index contributed by atoms with van der Waals surface area (Å²) in [6, 6.07) is 0.200. The van der Waals surface area contributed by atoms with E-state index in [0.717, 1.165) is 13.1 Å². The molecule has 1 atom stereocenters. The molecule has 118 valence electrons. The van der Waals surface area contributed by atoms with Crippen LogP contribution in [0.3, 0.4) is 0 Å². The van der Waals surface area contributed by atoms with Crippen LogP contribution in [0.4, 0.5) is 13.2 Å². The molecule has 1 heterocycles. The van der Waals surface area contributed by atoms with Crippen molar-refractivity contribution >= 4 is 0 Å².